The summed E-state index contributed by atoms with van der Waals surface area (Å²) in [5.41, 5.74) is 0.747. The Labute approximate surface area is 100 Å². The van der Waals surface area contributed by atoms with Crippen molar-refractivity contribution < 1.29 is 9.13 Å². The molecule has 1 aliphatic rings. The van der Waals surface area contributed by atoms with Crippen molar-refractivity contribution in [2.24, 2.45) is 5.92 Å². The van der Waals surface area contributed by atoms with Crippen molar-refractivity contribution in [1.82, 2.24) is 0 Å². The van der Waals surface area contributed by atoms with Crippen LogP contribution in [0.5, 0.6) is 0 Å². The van der Waals surface area contributed by atoms with Crippen LogP contribution in [-0.2, 0) is 4.74 Å². The molecule has 0 aromatic heterocycles. The highest BCUT2D eigenvalue weighted by atomic mass is 19.1. The molecule has 0 saturated heterocycles. The van der Waals surface area contributed by atoms with Crippen LogP contribution in [0.1, 0.15) is 18.4 Å². The van der Waals surface area contributed by atoms with Gasteiger partial charge in [-0.3, -0.25) is 0 Å². The number of anilines is 1. The summed E-state index contributed by atoms with van der Waals surface area (Å²) < 4.78 is 18.7. The SMILES string of the molecule is N#Cc1ccc(NCCOCC2CC2)cc1F. The van der Waals surface area contributed by atoms with E-state index in [-0.39, 0.29) is 5.56 Å². The molecule has 0 bridgehead atoms. The lowest BCUT2D eigenvalue weighted by Gasteiger charge is -2.07. The number of hydrogen-bond acceptors (Lipinski definition) is 3. The molecule has 0 unspecified atom stereocenters. The number of nitriles is 1. The quantitative estimate of drug-likeness (QED) is 0.769. The Kier molecular flexibility index (Phi) is 3.94. The normalized spacial score (nSPS) is 14.4. The topological polar surface area (TPSA) is 45.0 Å². The highest BCUT2D eigenvalue weighted by molar-refractivity contribution is 5.48. The van der Waals surface area contributed by atoms with E-state index >= 15 is 0 Å². The van der Waals surface area contributed by atoms with Crippen LogP contribution in [0.25, 0.3) is 0 Å². The van der Waals surface area contributed by atoms with E-state index in [0.29, 0.717) is 18.8 Å². The van der Waals surface area contributed by atoms with Crippen LogP contribution in [0.4, 0.5) is 10.1 Å². The molecule has 0 amide bonds. The van der Waals surface area contributed by atoms with Crippen molar-refractivity contribution in [3.63, 3.8) is 0 Å². The van der Waals surface area contributed by atoms with Crippen molar-refractivity contribution in [2.75, 3.05) is 25.1 Å². The fourth-order valence-electron chi connectivity index (χ4n) is 1.52. The summed E-state index contributed by atoms with van der Waals surface area (Å²) in [6, 6.07) is 6.30. The lowest BCUT2D eigenvalue weighted by molar-refractivity contribution is 0.134. The summed E-state index contributed by atoms with van der Waals surface area (Å²) in [5, 5.41) is 11.6. The maximum absolute atomic E-state index is 13.2. The second kappa shape index (κ2) is 5.65. The summed E-state index contributed by atoms with van der Waals surface area (Å²) in [5.74, 6) is 0.277. The molecule has 3 nitrogen and oxygen atoms in total. The van der Waals surface area contributed by atoms with Gasteiger partial charge in [0.15, 0.2) is 0 Å². The standard InChI is InChI=1S/C13H15FN2O/c14-13-7-12(4-3-11(13)8-15)16-5-6-17-9-10-1-2-10/h3-4,7,10,16H,1-2,5-6,9H2. The van der Waals surface area contributed by atoms with Crippen LogP contribution in [0.15, 0.2) is 18.2 Å². The van der Waals surface area contributed by atoms with Gasteiger partial charge in [-0.1, -0.05) is 0 Å². The molecule has 1 saturated carbocycles. The average Bonchev–Trinajstić information content (AvgIpc) is 3.13. The van der Waals surface area contributed by atoms with Crippen molar-refractivity contribution >= 4 is 5.69 Å². The zero-order valence-electron chi connectivity index (χ0n) is 9.58. The summed E-state index contributed by atoms with van der Waals surface area (Å²) in [6.45, 7) is 2.11. The van der Waals surface area contributed by atoms with Gasteiger partial charge in [0.2, 0.25) is 0 Å². The number of nitrogens with one attached hydrogen (secondary N) is 1. The molecule has 1 fully saturated rings. The molecule has 0 atom stereocenters. The van der Waals surface area contributed by atoms with E-state index in [1.54, 1.807) is 12.1 Å². The molecule has 1 aromatic carbocycles. The molecule has 90 valence electrons. The Balaban J connectivity index is 1.70. The van der Waals surface area contributed by atoms with E-state index < -0.39 is 5.82 Å². The molecule has 1 aromatic rings. The van der Waals surface area contributed by atoms with Crippen molar-refractivity contribution in [1.29, 1.82) is 5.26 Å². The Hall–Kier alpha value is -1.60. The Morgan fingerprint density at radius 1 is 1.47 bits per heavy atom. The Morgan fingerprint density at radius 3 is 2.94 bits per heavy atom. The maximum atomic E-state index is 13.2. The van der Waals surface area contributed by atoms with Gasteiger partial charge in [0.25, 0.3) is 0 Å². The molecule has 0 aliphatic heterocycles. The van der Waals surface area contributed by atoms with Gasteiger partial charge in [0.05, 0.1) is 12.2 Å². The second-order valence-corrected chi connectivity index (χ2v) is 4.25. The van der Waals surface area contributed by atoms with Gasteiger partial charge in [-0.25, -0.2) is 4.39 Å². The van der Waals surface area contributed by atoms with Crippen LogP contribution in [-0.4, -0.2) is 19.8 Å². The van der Waals surface area contributed by atoms with Gasteiger partial charge in [0, 0.05) is 18.8 Å². The molecule has 17 heavy (non-hydrogen) atoms. The average molecular weight is 234 g/mol. The summed E-state index contributed by atoms with van der Waals surface area (Å²) in [7, 11) is 0. The monoisotopic (exact) mass is 234 g/mol. The fourth-order valence-corrected chi connectivity index (χ4v) is 1.52. The number of rotatable bonds is 6. The largest absolute Gasteiger partial charge is 0.383 e. The third-order valence-electron chi connectivity index (χ3n) is 2.72. The smallest absolute Gasteiger partial charge is 0.143 e. The van der Waals surface area contributed by atoms with Gasteiger partial charge < -0.3 is 10.1 Å². The van der Waals surface area contributed by atoms with E-state index in [1.807, 2.05) is 0 Å². The first-order chi connectivity index (χ1) is 8.29. The second-order valence-electron chi connectivity index (χ2n) is 4.25. The first-order valence-corrected chi connectivity index (χ1v) is 5.81. The van der Waals surface area contributed by atoms with Crippen LogP contribution in [0.3, 0.4) is 0 Å². The van der Waals surface area contributed by atoms with E-state index in [0.717, 1.165) is 12.5 Å². The number of ether oxygens (including phenoxy) is 1. The summed E-state index contributed by atoms with van der Waals surface area (Å²) in [4.78, 5) is 0. The van der Waals surface area contributed by atoms with Crippen LogP contribution >= 0.6 is 0 Å². The van der Waals surface area contributed by atoms with Gasteiger partial charge >= 0.3 is 0 Å². The summed E-state index contributed by atoms with van der Waals surface area (Å²) in [6.07, 6.45) is 2.57. The highest BCUT2D eigenvalue weighted by Crippen LogP contribution is 2.28. The molecular formula is C13H15FN2O. The minimum absolute atomic E-state index is 0.0699. The van der Waals surface area contributed by atoms with Crippen molar-refractivity contribution in [3.8, 4) is 6.07 Å². The zero-order chi connectivity index (χ0) is 12.1. The lowest BCUT2D eigenvalue weighted by atomic mass is 10.2. The molecule has 1 aliphatic carbocycles. The molecular weight excluding hydrogens is 219 g/mol. The molecule has 4 heteroatoms. The predicted octanol–water partition coefficient (Wildman–Crippen LogP) is 2.54. The van der Waals surface area contributed by atoms with Gasteiger partial charge in [0.1, 0.15) is 11.9 Å². The Morgan fingerprint density at radius 2 is 2.29 bits per heavy atom. The van der Waals surface area contributed by atoms with E-state index in [1.165, 1.54) is 25.0 Å². The van der Waals surface area contributed by atoms with Crippen molar-refractivity contribution in [3.05, 3.63) is 29.6 Å². The van der Waals surface area contributed by atoms with E-state index in [9.17, 15) is 4.39 Å². The highest BCUT2D eigenvalue weighted by Gasteiger charge is 2.20. The maximum Gasteiger partial charge on any atom is 0.143 e. The molecule has 1 N–H and O–H groups in total. The molecule has 0 spiro atoms. The molecule has 0 radical (unpaired) electrons. The minimum Gasteiger partial charge on any atom is -0.383 e. The predicted molar refractivity (Wildman–Crippen MR) is 63.1 cm³/mol. The third-order valence-corrected chi connectivity index (χ3v) is 2.72. The zero-order valence-corrected chi connectivity index (χ0v) is 9.58. The number of hydrogen-bond donors (Lipinski definition) is 1. The first kappa shape index (κ1) is 11.9. The van der Waals surface area contributed by atoms with Crippen LogP contribution < -0.4 is 5.32 Å². The summed E-state index contributed by atoms with van der Waals surface area (Å²) >= 11 is 0. The first-order valence-electron chi connectivity index (χ1n) is 5.81. The molecule has 2 rings (SSSR count). The minimum atomic E-state index is -0.489. The third kappa shape index (κ3) is 3.72. The fraction of sp³-hybridized carbons (Fsp3) is 0.462. The van der Waals surface area contributed by atoms with Crippen LogP contribution in [0, 0.1) is 23.1 Å². The Bertz CT molecular complexity index is 424. The van der Waals surface area contributed by atoms with Crippen molar-refractivity contribution in [2.45, 2.75) is 12.8 Å². The number of nitrogens with zero attached hydrogens (tertiary/aromatic N) is 1. The van der Waals surface area contributed by atoms with Crippen LogP contribution in [0.2, 0.25) is 0 Å². The van der Waals surface area contributed by atoms with Gasteiger partial charge in [-0.15, -0.1) is 0 Å². The lowest BCUT2D eigenvalue weighted by Crippen LogP contribution is -2.10. The number of benzene rings is 1. The van der Waals surface area contributed by atoms with E-state index in [4.69, 9.17) is 10.00 Å². The molecule has 0 heterocycles. The van der Waals surface area contributed by atoms with Gasteiger partial charge in [-0.2, -0.15) is 5.26 Å². The van der Waals surface area contributed by atoms with E-state index in [2.05, 4.69) is 5.32 Å². The van der Waals surface area contributed by atoms with Gasteiger partial charge in [-0.05, 0) is 37.0 Å². The number of halogens is 1.